The molecule has 0 spiro atoms. The van der Waals surface area contributed by atoms with Gasteiger partial charge in [-0.15, -0.1) is 0 Å². The molecule has 2 saturated heterocycles. The normalized spacial score (nSPS) is 37.5. The molecule has 3 rings (SSSR count). The number of rotatable bonds is 2. The topological polar surface area (TPSA) is 52.7 Å². The van der Waals surface area contributed by atoms with Gasteiger partial charge in [-0.3, -0.25) is 0 Å². The van der Waals surface area contributed by atoms with Crippen molar-refractivity contribution in [3.63, 3.8) is 0 Å². The molecule has 0 aromatic heterocycles. The first-order chi connectivity index (χ1) is 7.19. The van der Waals surface area contributed by atoms with E-state index in [1.165, 1.54) is 0 Å². The highest BCUT2D eigenvalue weighted by atomic mass is 32.2. The van der Waals surface area contributed by atoms with Crippen LogP contribution in [0.2, 0.25) is 0 Å². The summed E-state index contributed by atoms with van der Waals surface area (Å²) in [5.41, 5.74) is 0. The van der Waals surface area contributed by atoms with Crippen LogP contribution in [0.15, 0.2) is 0 Å². The van der Waals surface area contributed by atoms with Crippen LogP contribution in [-0.2, 0) is 10.2 Å². The Morgan fingerprint density at radius 3 is 2.20 bits per heavy atom. The zero-order valence-corrected chi connectivity index (χ0v) is 9.54. The van der Waals surface area contributed by atoms with Crippen molar-refractivity contribution in [3.05, 3.63) is 0 Å². The van der Waals surface area contributed by atoms with Crippen molar-refractivity contribution in [2.75, 3.05) is 26.2 Å². The SMILES string of the molecule is O=S1(=O)N(C2CC2)CCN1[C@H]1CCNC1. The van der Waals surface area contributed by atoms with Gasteiger partial charge in [-0.05, 0) is 25.8 Å². The van der Waals surface area contributed by atoms with Crippen LogP contribution in [-0.4, -0.2) is 55.3 Å². The van der Waals surface area contributed by atoms with E-state index in [0.717, 1.165) is 32.4 Å². The maximum Gasteiger partial charge on any atom is 0.282 e. The van der Waals surface area contributed by atoms with E-state index in [4.69, 9.17) is 0 Å². The Morgan fingerprint density at radius 1 is 1.00 bits per heavy atom. The Morgan fingerprint density at radius 2 is 1.67 bits per heavy atom. The van der Waals surface area contributed by atoms with Gasteiger partial charge >= 0.3 is 0 Å². The van der Waals surface area contributed by atoms with Crippen LogP contribution in [0.25, 0.3) is 0 Å². The van der Waals surface area contributed by atoms with E-state index in [9.17, 15) is 8.42 Å². The minimum absolute atomic E-state index is 0.193. The summed E-state index contributed by atoms with van der Waals surface area (Å²) in [7, 11) is -3.12. The van der Waals surface area contributed by atoms with E-state index >= 15 is 0 Å². The molecule has 5 nitrogen and oxygen atoms in total. The summed E-state index contributed by atoms with van der Waals surface area (Å²) >= 11 is 0. The lowest BCUT2D eigenvalue weighted by Crippen LogP contribution is -2.41. The van der Waals surface area contributed by atoms with Gasteiger partial charge in [-0.1, -0.05) is 0 Å². The van der Waals surface area contributed by atoms with Gasteiger partial charge in [-0.25, -0.2) is 0 Å². The minimum atomic E-state index is -3.12. The predicted octanol–water partition coefficient (Wildman–Crippen LogP) is -0.627. The summed E-state index contributed by atoms with van der Waals surface area (Å²) in [6, 6.07) is 0.508. The van der Waals surface area contributed by atoms with E-state index in [2.05, 4.69) is 5.32 Å². The summed E-state index contributed by atoms with van der Waals surface area (Å²) in [5.74, 6) is 0. The van der Waals surface area contributed by atoms with Crippen molar-refractivity contribution < 1.29 is 8.42 Å². The number of hydrogen-bond acceptors (Lipinski definition) is 3. The molecule has 2 aliphatic heterocycles. The van der Waals surface area contributed by atoms with Gasteiger partial charge in [0.25, 0.3) is 10.2 Å². The fraction of sp³-hybridized carbons (Fsp3) is 1.00. The molecular formula is C9H17N3O2S. The Bertz CT molecular complexity index is 346. The van der Waals surface area contributed by atoms with Crippen molar-refractivity contribution in [1.29, 1.82) is 0 Å². The molecule has 1 aliphatic carbocycles. The zero-order chi connectivity index (χ0) is 10.5. The third-order valence-corrected chi connectivity index (χ3v) is 5.68. The van der Waals surface area contributed by atoms with E-state index in [-0.39, 0.29) is 6.04 Å². The molecule has 86 valence electrons. The summed E-state index contributed by atoms with van der Waals surface area (Å²) < 4.78 is 27.8. The van der Waals surface area contributed by atoms with Crippen LogP contribution in [0.1, 0.15) is 19.3 Å². The highest BCUT2D eigenvalue weighted by Crippen LogP contribution is 2.34. The fourth-order valence-corrected chi connectivity index (χ4v) is 4.59. The summed E-state index contributed by atoms with van der Waals surface area (Å²) in [6.45, 7) is 3.15. The van der Waals surface area contributed by atoms with Crippen LogP contribution in [0.5, 0.6) is 0 Å². The maximum absolute atomic E-state index is 12.2. The first-order valence-corrected chi connectivity index (χ1v) is 7.08. The van der Waals surface area contributed by atoms with Crippen LogP contribution in [0.4, 0.5) is 0 Å². The molecule has 1 atom stereocenters. The van der Waals surface area contributed by atoms with Gasteiger partial charge in [0.15, 0.2) is 0 Å². The van der Waals surface area contributed by atoms with Crippen molar-refractivity contribution in [2.45, 2.75) is 31.3 Å². The summed E-state index contributed by atoms with van der Waals surface area (Å²) in [6.07, 6.45) is 3.06. The fourth-order valence-electron chi connectivity index (χ4n) is 2.55. The van der Waals surface area contributed by atoms with Crippen LogP contribution in [0.3, 0.4) is 0 Å². The van der Waals surface area contributed by atoms with Crippen molar-refractivity contribution in [3.8, 4) is 0 Å². The number of nitrogens with zero attached hydrogens (tertiary/aromatic N) is 2. The van der Waals surface area contributed by atoms with E-state index in [1.807, 2.05) is 0 Å². The Hall–Kier alpha value is -0.170. The number of nitrogens with one attached hydrogen (secondary N) is 1. The Kier molecular flexibility index (Phi) is 2.28. The molecule has 6 heteroatoms. The zero-order valence-electron chi connectivity index (χ0n) is 8.72. The lowest BCUT2D eigenvalue weighted by Gasteiger charge is -2.22. The monoisotopic (exact) mass is 231 g/mol. The molecule has 3 fully saturated rings. The maximum atomic E-state index is 12.2. The first kappa shape index (κ1) is 10.0. The van der Waals surface area contributed by atoms with Gasteiger partial charge in [0, 0.05) is 31.7 Å². The standard InChI is InChI=1S/C9H17N3O2S/c13-15(14)11(8-1-2-8)5-6-12(15)9-3-4-10-7-9/h8-10H,1-7H2/t9-/m0/s1. The molecule has 0 radical (unpaired) electrons. The highest BCUT2D eigenvalue weighted by molar-refractivity contribution is 7.87. The largest absolute Gasteiger partial charge is 0.315 e. The summed E-state index contributed by atoms with van der Waals surface area (Å²) in [4.78, 5) is 0. The average Bonchev–Trinajstić information content (AvgIpc) is 2.76. The van der Waals surface area contributed by atoms with Gasteiger partial charge in [0.05, 0.1) is 0 Å². The Balaban J connectivity index is 1.80. The van der Waals surface area contributed by atoms with Crippen molar-refractivity contribution >= 4 is 10.2 Å². The Labute approximate surface area is 90.6 Å². The van der Waals surface area contributed by atoms with E-state index in [0.29, 0.717) is 19.1 Å². The second-order valence-corrected chi connectivity index (χ2v) is 6.44. The molecule has 0 bridgehead atoms. The third-order valence-electron chi connectivity index (χ3n) is 3.53. The molecule has 3 aliphatic rings. The van der Waals surface area contributed by atoms with Gasteiger partial charge < -0.3 is 5.32 Å². The number of hydrogen-bond donors (Lipinski definition) is 1. The molecule has 0 amide bonds. The third kappa shape index (κ3) is 1.60. The van der Waals surface area contributed by atoms with Crippen molar-refractivity contribution in [2.24, 2.45) is 0 Å². The second kappa shape index (κ2) is 3.41. The van der Waals surface area contributed by atoms with Gasteiger partial charge in [0.2, 0.25) is 0 Å². The lowest BCUT2D eigenvalue weighted by atomic mass is 10.2. The predicted molar refractivity (Wildman–Crippen MR) is 56.6 cm³/mol. The van der Waals surface area contributed by atoms with Crippen LogP contribution < -0.4 is 5.32 Å². The van der Waals surface area contributed by atoms with Gasteiger partial charge in [0.1, 0.15) is 0 Å². The molecule has 2 heterocycles. The molecule has 0 unspecified atom stereocenters. The molecule has 0 aromatic carbocycles. The second-order valence-electron chi connectivity index (χ2n) is 4.61. The molecule has 1 N–H and O–H groups in total. The van der Waals surface area contributed by atoms with Gasteiger partial charge in [-0.2, -0.15) is 17.0 Å². The molecule has 0 aromatic rings. The van der Waals surface area contributed by atoms with Crippen LogP contribution in [0, 0.1) is 0 Å². The molecule has 1 saturated carbocycles. The summed E-state index contributed by atoms with van der Waals surface area (Å²) in [5, 5.41) is 3.22. The first-order valence-electron chi connectivity index (χ1n) is 5.69. The minimum Gasteiger partial charge on any atom is -0.315 e. The smallest absolute Gasteiger partial charge is 0.282 e. The van der Waals surface area contributed by atoms with Crippen LogP contribution >= 0.6 is 0 Å². The average molecular weight is 231 g/mol. The quantitative estimate of drug-likeness (QED) is 0.688. The van der Waals surface area contributed by atoms with E-state index in [1.54, 1.807) is 8.61 Å². The molecule has 15 heavy (non-hydrogen) atoms. The van der Waals surface area contributed by atoms with E-state index < -0.39 is 10.2 Å². The highest BCUT2D eigenvalue weighted by Gasteiger charge is 2.47. The van der Waals surface area contributed by atoms with Crippen molar-refractivity contribution in [1.82, 2.24) is 13.9 Å². The molecular weight excluding hydrogens is 214 g/mol. The lowest BCUT2D eigenvalue weighted by molar-refractivity contribution is 0.365.